The molecule has 0 fully saturated rings. The molecule has 0 radical (unpaired) electrons. The average Bonchev–Trinajstić information content (AvgIpc) is 2.52. The number of carbonyl (C=O) groups excluding carboxylic acids is 2. The summed E-state index contributed by atoms with van der Waals surface area (Å²) >= 11 is 5.90. The van der Waals surface area contributed by atoms with E-state index >= 15 is 0 Å². The van der Waals surface area contributed by atoms with Crippen molar-refractivity contribution in [2.24, 2.45) is 0 Å². The molecule has 1 aromatic carbocycles. The minimum Gasteiger partial charge on any atom is -0.496 e. The number of methoxy groups -OCH3 is 1. The lowest BCUT2D eigenvalue weighted by Crippen LogP contribution is -2.24. The quantitative estimate of drug-likeness (QED) is 0.522. The van der Waals surface area contributed by atoms with E-state index in [1.807, 2.05) is 0 Å². The van der Waals surface area contributed by atoms with Gasteiger partial charge in [-0.15, -0.1) is 0 Å². The van der Waals surface area contributed by atoms with E-state index in [1.165, 1.54) is 20.0 Å². The fraction of sp³-hybridized carbons (Fsp3) is 0.529. The van der Waals surface area contributed by atoms with E-state index in [-0.39, 0.29) is 24.5 Å². The maximum absolute atomic E-state index is 12.2. The van der Waals surface area contributed by atoms with E-state index in [0.29, 0.717) is 22.9 Å². The van der Waals surface area contributed by atoms with Gasteiger partial charge in [-0.25, -0.2) is 0 Å². The maximum atomic E-state index is 12.2. The van der Waals surface area contributed by atoms with Crippen molar-refractivity contribution >= 4 is 23.3 Å². The summed E-state index contributed by atoms with van der Waals surface area (Å²) in [7, 11) is 1.50. The monoisotopic (exact) mass is 325 g/mol. The highest BCUT2D eigenvalue weighted by Gasteiger charge is 2.14. The summed E-state index contributed by atoms with van der Waals surface area (Å²) in [5.74, 6) is 0.251. The number of nitrogens with one attached hydrogen (secondary N) is 1. The molecule has 1 rings (SSSR count). The molecule has 0 saturated heterocycles. The van der Waals surface area contributed by atoms with Crippen LogP contribution in [0.2, 0.25) is 5.02 Å². The van der Waals surface area contributed by atoms with Gasteiger partial charge in [0, 0.05) is 24.4 Å². The van der Waals surface area contributed by atoms with Gasteiger partial charge in [0.1, 0.15) is 5.75 Å². The third-order valence-electron chi connectivity index (χ3n) is 3.39. The second-order valence-corrected chi connectivity index (χ2v) is 5.61. The summed E-state index contributed by atoms with van der Waals surface area (Å²) in [5, 5.41) is 3.32. The lowest BCUT2D eigenvalue weighted by Gasteiger charge is -2.08. The number of ether oxygens (including phenoxy) is 1. The minimum absolute atomic E-state index is 0.0918. The molecule has 1 amide bonds. The fourth-order valence-electron chi connectivity index (χ4n) is 2.13. The van der Waals surface area contributed by atoms with Crippen LogP contribution in [0, 0.1) is 0 Å². The van der Waals surface area contributed by atoms with Crippen LogP contribution in [-0.2, 0) is 4.79 Å². The molecular formula is C17H24ClNO3. The molecule has 0 aliphatic heterocycles. The fourth-order valence-corrected chi connectivity index (χ4v) is 2.30. The minimum atomic E-state index is -0.138. The van der Waals surface area contributed by atoms with E-state index < -0.39 is 0 Å². The van der Waals surface area contributed by atoms with Crippen molar-refractivity contribution in [2.45, 2.75) is 45.4 Å². The van der Waals surface area contributed by atoms with Gasteiger partial charge in [0.15, 0.2) is 5.78 Å². The van der Waals surface area contributed by atoms with Gasteiger partial charge in [0.2, 0.25) is 5.91 Å². The van der Waals surface area contributed by atoms with Crippen LogP contribution >= 0.6 is 11.6 Å². The Morgan fingerprint density at radius 1 is 1.18 bits per heavy atom. The molecule has 0 aliphatic rings. The number of hydrogen-bond donors (Lipinski definition) is 1. The third kappa shape index (κ3) is 6.48. The van der Waals surface area contributed by atoms with Crippen molar-refractivity contribution in [3.8, 4) is 5.75 Å². The molecule has 0 saturated carbocycles. The molecule has 0 aliphatic carbocycles. The van der Waals surface area contributed by atoms with Gasteiger partial charge >= 0.3 is 0 Å². The van der Waals surface area contributed by atoms with Crippen LogP contribution in [0.15, 0.2) is 18.2 Å². The summed E-state index contributed by atoms with van der Waals surface area (Å²) < 4.78 is 5.15. The number of Topliss-reactive ketones (excluding diaryl/α,β-unsaturated/α-hetero) is 1. The normalized spacial score (nSPS) is 10.3. The average molecular weight is 326 g/mol. The topological polar surface area (TPSA) is 55.4 Å². The van der Waals surface area contributed by atoms with Crippen LogP contribution in [0.25, 0.3) is 0 Å². The first kappa shape index (κ1) is 18.5. The van der Waals surface area contributed by atoms with E-state index in [0.717, 1.165) is 12.8 Å². The molecule has 122 valence electrons. The Kier molecular flexibility index (Phi) is 8.60. The van der Waals surface area contributed by atoms with Gasteiger partial charge in [-0.05, 0) is 24.6 Å². The summed E-state index contributed by atoms with van der Waals surface area (Å²) in [6, 6.07) is 4.90. The Hall–Kier alpha value is -1.55. The lowest BCUT2D eigenvalue weighted by atomic mass is 10.1. The molecular weight excluding hydrogens is 302 g/mol. The first-order valence-corrected chi connectivity index (χ1v) is 8.09. The molecule has 1 N–H and O–H groups in total. The van der Waals surface area contributed by atoms with Gasteiger partial charge in [0.25, 0.3) is 0 Å². The zero-order chi connectivity index (χ0) is 16.4. The van der Waals surface area contributed by atoms with Crippen molar-refractivity contribution in [2.75, 3.05) is 13.7 Å². The molecule has 0 unspecified atom stereocenters. The smallest absolute Gasteiger partial charge is 0.220 e. The van der Waals surface area contributed by atoms with Crippen LogP contribution in [-0.4, -0.2) is 25.3 Å². The number of unbranched alkanes of at least 4 members (excludes halogenated alkanes) is 3. The van der Waals surface area contributed by atoms with Crippen molar-refractivity contribution < 1.29 is 14.3 Å². The Bertz CT molecular complexity index is 503. The zero-order valence-corrected chi connectivity index (χ0v) is 14.0. The zero-order valence-electron chi connectivity index (χ0n) is 13.3. The van der Waals surface area contributed by atoms with E-state index in [1.54, 1.807) is 18.2 Å². The maximum Gasteiger partial charge on any atom is 0.220 e. The molecule has 0 spiro atoms. The molecule has 1 aromatic rings. The van der Waals surface area contributed by atoms with E-state index in [9.17, 15) is 9.59 Å². The van der Waals surface area contributed by atoms with Gasteiger partial charge in [-0.3, -0.25) is 9.59 Å². The first-order chi connectivity index (χ1) is 10.6. The number of ketones is 1. The van der Waals surface area contributed by atoms with E-state index in [2.05, 4.69) is 12.2 Å². The van der Waals surface area contributed by atoms with Gasteiger partial charge in [-0.2, -0.15) is 0 Å². The molecule has 22 heavy (non-hydrogen) atoms. The Balaban J connectivity index is 2.39. The molecule has 4 nitrogen and oxygen atoms in total. The van der Waals surface area contributed by atoms with Gasteiger partial charge in [0.05, 0.1) is 12.7 Å². The summed E-state index contributed by atoms with van der Waals surface area (Å²) in [5.41, 5.74) is 0.422. The molecule has 0 heterocycles. The second kappa shape index (κ2) is 10.2. The number of carbonyl (C=O) groups is 2. The van der Waals surface area contributed by atoms with Crippen LogP contribution in [0.5, 0.6) is 5.75 Å². The number of rotatable bonds is 10. The standard InChI is InChI=1S/C17H24ClNO3/c1-3-4-5-6-11-19-17(21)10-8-15(20)14-12-13(18)7-9-16(14)22-2/h7,9,12H,3-6,8,10-11H2,1-2H3,(H,19,21). The van der Waals surface area contributed by atoms with Crippen LogP contribution in [0.4, 0.5) is 0 Å². The van der Waals surface area contributed by atoms with Crippen molar-refractivity contribution in [3.05, 3.63) is 28.8 Å². The second-order valence-electron chi connectivity index (χ2n) is 5.18. The van der Waals surface area contributed by atoms with Crippen molar-refractivity contribution in [1.82, 2.24) is 5.32 Å². The molecule has 0 bridgehead atoms. The molecule has 0 atom stereocenters. The van der Waals surface area contributed by atoms with Gasteiger partial charge in [-0.1, -0.05) is 37.8 Å². The lowest BCUT2D eigenvalue weighted by molar-refractivity contribution is -0.121. The number of amides is 1. The SMILES string of the molecule is CCCCCCNC(=O)CCC(=O)c1cc(Cl)ccc1OC. The summed E-state index contributed by atoms with van der Waals surface area (Å²) in [6.07, 6.45) is 4.79. The highest BCUT2D eigenvalue weighted by molar-refractivity contribution is 6.31. The van der Waals surface area contributed by atoms with Crippen LogP contribution in [0.1, 0.15) is 55.8 Å². The van der Waals surface area contributed by atoms with Crippen LogP contribution < -0.4 is 10.1 Å². The first-order valence-electron chi connectivity index (χ1n) is 7.72. The molecule has 0 aromatic heterocycles. The van der Waals surface area contributed by atoms with Crippen LogP contribution in [0.3, 0.4) is 0 Å². The van der Waals surface area contributed by atoms with Crippen molar-refractivity contribution in [1.29, 1.82) is 0 Å². The van der Waals surface area contributed by atoms with Crippen molar-refractivity contribution in [3.63, 3.8) is 0 Å². The highest BCUT2D eigenvalue weighted by Crippen LogP contribution is 2.24. The Labute approximate surface area is 137 Å². The predicted molar refractivity (Wildman–Crippen MR) is 88.7 cm³/mol. The number of hydrogen-bond acceptors (Lipinski definition) is 3. The Morgan fingerprint density at radius 3 is 2.64 bits per heavy atom. The largest absolute Gasteiger partial charge is 0.496 e. The highest BCUT2D eigenvalue weighted by atomic mass is 35.5. The summed E-state index contributed by atoms with van der Waals surface area (Å²) in [4.78, 5) is 23.9. The molecule has 5 heteroatoms. The third-order valence-corrected chi connectivity index (χ3v) is 3.63. The number of benzene rings is 1. The van der Waals surface area contributed by atoms with E-state index in [4.69, 9.17) is 16.3 Å². The number of halogens is 1. The summed E-state index contributed by atoms with van der Waals surface area (Å²) in [6.45, 7) is 2.82. The predicted octanol–water partition coefficient (Wildman–Crippen LogP) is 4.01. The Morgan fingerprint density at radius 2 is 1.95 bits per heavy atom. The van der Waals surface area contributed by atoms with Gasteiger partial charge < -0.3 is 10.1 Å².